The molecule has 0 bridgehead atoms. The third-order valence-corrected chi connectivity index (χ3v) is 4.56. The van der Waals surface area contributed by atoms with Crippen LogP contribution in [0, 0.1) is 11.3 Å². The van der Waals surface area contributed by atoms with Crippen LogP contribution < -0.4 is 4.84 Å². The molecule has 0 radical (unpaired) electrons. The molecule has 0 amide bonds. The van der Waals surface area contributed by atoms with Gasteiger partial charge in [0.15, 0.2) is 0 Å². The molecule has 1 heterocycles. The van der Waals surface area contributed by atoms with Gasteiger partial charge in [-0.1, -0.05) is 56.9 Å². The Morgan fingerprint density at radius 3 is 2.78 bits per heavy atom. The molecule has 0 saturated heterocycles. The molecule has 138 valence electrons. The van der Waals surface area contributed by atoms with Gasteiger partial charge in [-0.15, -0.1) is 0 Å². The van der Waals surface area contributed by atoms with Gasteiger partial charge in [-0.2, -0.15) is 9.99 Å². The van der Waals surface area contributed by atoms with Crippen molar-refractivity contribution in [1.29, 1.82) is 5.26 Å². The molecular formula is C22H23N3O2. The van der Waals surface area contributed by atoms with E-state index in [1.54, 1.807) is 6.07 Å². The van der Waals surface area contributed by atoms with E-state index < -0.39 is 0 Å². The Balaban J connectivity index is 1.71. The molecule has 2 aromatic carbocycles. The third kappa shape index (κ3) is 4.53. The fraction of sp³-hybridized carbons (Fsp3) is 0.318. The molecule has 5 nitrogen and oxygen atoms in total. The van der Waals surface area contributed by atoms with Crippen LogP contribution in [0.3, 0.4) is 0 Å². The van der Waals surface area contributed by atoms with Crippen LogP contribution in [0.5, 0.6) is 0 Å². The molecule has 0 fully saturated rings. The molecule has 0 aliphatic rings. The van der Waals surface area contributed by atoms with E-state index in [0.29, 0.717) is 12.0 Å². The minimum atomic E-state index is -0.246. The molecule has 0 unspecified atom stereocenters. The second-order valence-electron chi connectivity index (χ2n) is 6.56. The minimum Gasteiger partial charge on any atom is -0.335 e. The highest BCUT2D eigenvalue weighted by Gasteiger charge is 2.11. The van der Waals surface area contributed by atoms with E-state index >= 15 is 0 Å². The lowest BCUT2D eigenvalue weighted by Gasteiger charge is -2.07. The second-order valence-corrected chi connectivity index (χ2v) is 6.56. The van der Waals surface area contributed by atoms with Gasteiger partial charge in [-0.25, -0.2) is 9.78 Å². The molecule has 3 aromatic rings. The van der Waals surface area contributed by atoms with Crippen LogP contribution >= 0.6 is 0 Å². The first-order valence-corrected chi connectivity index (χ1v) is 9.40. The largest absolute Gasteiger partial charge is 0.335 e. The first-order chi connectivity index (χ1) is 13.2. The summed E-state index contributed by atoms with van der Waals surface area (Å²) in [6, 6.07) is 15.3. The molecule has 0 atom stereocenters. The molecule has 5 heteroatoms. The normalized spacial score (nSPS) is 10.7. The van der Waals surface area contributed by atoms with Crippen molar-refractivity contribution >= 4 is 17.0 Å². The van der Waals surface area contributed by atoms with Crippen molar-refractivity contribution < 1.29 is 9.63 Å². The highest BCUT2D eigenvalue weighted by atomic mass is 16.7. The van der Waals surface area contributed by atoms with Gasteiger partial charge in [-0.3, -0.25) is 0 Å². The summed E-state index contributed by atoms with van der Waals surface area (Å²) in [4.78, 5) is 21.8. The van der Waals surface area contributed by atoms with Crippen LogP contribution in [0.4, 0.5) is 0 Å². The van der Waals surface area contributed by atoms with Gasteiger partial charge >= 0.3 is 5.97 Å². The summed E-state index contributed by atoms with van der Waals surface area (Å²) >= 11 is 0. The van der Waals surface area contributed by atoms with Crippen molar-refractivity contribution in [3.05, 3.63) is 54.4 Å². The Morgan fingerprint density at radius 2 is 1.96 bits per heavy atom. The van der Waals surface area contributed by atoms with Gasteiger partial charge in [-0.05, 0) is 35.7 Å². The van der Waals surface area contributed by atoms with E-state index in [4.69, 9.17) is 4.84 Å². The fourth-order valence-electron chi connectivity index (χ4n) is 3.09. The van der Waals surface area contributed by atoms with Crippen LogP contribution in [0.1, 0.15) is 51.0 Å². The number of aromatic nitrogens is 2. The first kappa shape index (κ1) is 18.7. The smallest absolute Gasteiger partial charge is 0.332 e. The number of benzene rings is 2. The van der Waals surface area contributed by atoms with Gasteiger partial charge in [0.25, 0.3) is 0 Å². The number of nitriles is 1. The summed E-state index contributed by atoms with van der Waals surface area (Å²) in [7, 11) is 0. The number of carbonyl (C=O) groups is 1. The highest BCUT2D eigenvalue weighted by Crippen LogP contribution is 2.26. The Labute approximate surface area is 159 Å². The Morgan fingerprint density at radius 1 is 1.15 bits per heavy atom. The Hall–Kier alpha value is -3.13. The maximum absolute atomic E-state index is 12.1. The molecule has 3 rings (SSSR count). The number of nitrogens with zero attached hydrogens (tertiary/aromatic N) is 3. The molecular weight excluding hydrogens is 338 g/mol. The summed E-state index contributed by atoms with van der Waals surface area (Å²) in [6.07, 6.45) is 7.38. The van der Waals surface area contributed by atoms with Crippen molar-refractivity contribution in [3.8, 4) is 17.2 Å². The quantitative estimate of drug-likeness (QED) is 0.536. The van der Waals surface area contributed by atoms with Gasteiger partial charge in [0, 0.05) is 6.42 Å². The molecule has 0 aliphatic heterocycles. The van der Waals surface area contributed by atoms with E-state index in [1.807, 2.05) is 36.4 Å². The van der Waals surface area contributed by atoms with E-state index in [1.165, 1.54) is 23.9 Å². The first-order valence-electron chi connectivity index (χ1n) is 9.40. The van der Waals surface area contributed by atoms with Gasteiger partial charge < -0.3 is 4.84 Å². The number of fused-ring (bicyclic) bond motifs is 1. The topological polar surface area (TPSA) is 67.9 Å². The average Bonchev–Trinajstić information content (AvgIpc) is 3.09. The van der Waals surface area contributed by atoms with Crippen molar-refractivity contribution in [2.75, 3.05) is 0 Å². The predicted molar refractivity (Wildman–Crippen MR) is 105 cm³/mol. The molecule has 0 aliphatic carbocycles. The number of hydrogen-bond donors (Lipinski definition) is 0. The van der Waals surface area contributed by atoms with Crippen molar-refractivity contribution in [2.24, 2.45) is 0 Å². The standard InChI is InChI=1S/C22H23N3O2/c1-2-3-4-5-6-11-22(26)27-25-16-24-20-14-17(12-13-21(20)25)19-10-8-7-9-18(19)15-23/h7-10,12-14,16H,2-6,11H2,1H3. The molecule has 0 N–H and O–H groups in total. The molecule has 0 saturated carbocycles. The number of imidazole rings is 1. The number of hydrogen-bond acceptors (Lipinski definition) is 4. The maximum atomic E-state index is 12.1. The third-order valence-electron chi connectivity index (χ3n) is 4.56. The van der Waals surface area contributed by atoms with Gasteiger partial charge in [0.05, 0.1) is 17.1 Å². The minimum absolute atomic E-state index is 0.246. The van der Waals surface area contributed by atoms with Crippen LogP contribution in [-0.4, -0.2) is 15.7 Å². The SMILES string of the molecule is CCCCCCCC(=O)On1cnc2cc(-c3ccccc3C#N)ccc21. The van der Waals surface area contributed by atoms with Crippen LogP contribution in [-0.2, 0) is 4.79 Å². The van der Waals surface area contributed by atoms with E-state index in [2.05, 4.69) is 18.0 Å². The predicted octanol–water partition coefficient (Wildman–Crippen LogP) is 4.89. The van der Waals surface area contributed by atoms with Crippen molar-refractivity contribution in [2.45, 2.75) is 45.4 Å². The summed E-state index contributed by atoms with van der Waals surface area (Å²) < 4.78 is 1.42. The summed E-state index contributed by atoms with van der Waals surface area (Å²) in [6.45, 7) is 2.17. The second kappa shape index (κ2) is 9.00. The molecule has 27 heavy (non-hydrogen) atoms. The summed E-state index contributed by atoms with van der Waals surface area (Å²) in [5, 5.41) is 9.29. The maximum Gasteiger partial charge on any atom is 0.332 e. The zero-order valence-corrected chi connectivity index (χ0v) is 15.5. The average molecular weight is 361 g/mol. The number of rotatable bonds is 8. The zero-order chi connectivity index (χ0) is 19.1. The van der Waals surface area contributed by atoms with E-state index in [0.717, 1.165) is 41.4 Å². The molecule has 1 aromatic heterocycles. The van der Waals surface area contributed by atoms with Crippen LogP contribution in [0.25, 0.3) is 22.2 Å². The summed E-state index contributed by atoms with van der Waals surface area (Å²) in [5.41, 5.74) is 3.84. The Bertz CT molecular complexity index is 969. The van der Waals surface area contributed by atoms with Gasteiger partial charge in [0.2, 0.25) is 0 Å². The lowest BCUT2D eigenvalue weighted by Crippen LogP contribution is -2.18. The molecule has 0 spiro atoms. The fourth-order valence-corrected chi connectivity index (χ4v) is 3.09. The Kier molecular flexibility index (Phi) is 6.22. The monoisotopic (exact) mass is 361 g/mol. The number of carbonyl (C=O) groups excluding carboxylic acids is 1. The van der Waals surface area contributed by atoms with E-state index in [9.17, 15) is 10.1 Å². The van der Waals surface area contributed by atoms with Gasteiger partial charge in [0.1, 0.15) is 11.8 Å². The lowest BCUT2D eigenvalue weighted by atomic mass is 10.0. The van der Waals surface area contributed by atoms with Crippen molar-refractivity contribution in [1.82, 2.24) is 9.71 Å². The van der Waals surface area contributed by atoms with Crippen LogP contribution in [0.15, 0.2) is 48.8 Å². The lowest BCUT2D eigenvalue weighted by molar-refractivity contribution is -0.143. The van der Waals surface area contributed by atoms with Crippen LogP contribution in [0.2, 0.25) is 0 Å². The number of unbranched alkanes of at least 4 members (excludes halogenated alkanes) is 4. The zero-order valence-electron chi connectivity index (χ0n) is 15.5. The highest BCUT2D eigenvalue weighted by molar-refractivity contribution is 5.84. The van der Waals surface area contributed by atoms with Crippen molar-refractivity contribution in [3.63, 3.8) is 0 Å². The van der Waals surface area contributed by atoms with E-state index in [-0.39, 0.29) is 5.97 Å². The summed E-state index contributed by atoms with van der Waals surface area (Å²) in [5.74, 6) is -0.246.